The van der Waals surface area contributed by atoms with Crippen molar-refractivity contribution in [3.8, 4) is 0 Å². The Morgan fingerprint density at radius 3 is 2.63 bits per heavy atom. The number of hydrogen-bond acceptors (Lipinski definition) is 7. The third-order valence-electron chi connectivity index (χ3n) is 7.62. The van der Waals surface area contributed by atoms with Gasteiger partial charge in [0.25, 0.3) is 5.91 Å². The second kappa shape index (κ2) is 9.66. The van der Waals surface area contributed by atoms with Crippen molar-refractivity contribution in [1.82, 2.24) is 15.5 Å². The van der Waals surface area contributed by atoms with Crippen LogP contribution < -0.4 is 10.6 Å². The monoisotopic (exact) mass is 505 g/mol. The molecule has 4 fully saturated rings. The van der Waals surface area contributed by atoms with E-state index >= 15 is 0 Å². The summed E-state index contributed by atoms with van der Waals surface area (Å²) < 4.78 is 52.0. The summed E-state index contributed by atoms with van der Waals surface area (Å²) in [6, 6.07) is -2.28. The Morgan fingerprint density at radius 2 is 2.03 bits per heavy atom. The molecule has 6 atom stereocenters. The molecule has 4 rings (SSSR count). The average molecular weight is 505 g/mol. The van der Waals surface area contributed by atoms with E-state index in [2.05, 4.69) is 15.4 Å². The number of carbonyl (C=O) groups excluding carboxylic acids is 4. The van der Waals surface area contributed by atoms with E-state index in [9.17, 15) is 32.3 Å². The van der Waals surface area contributed by atoms with E-state index in [1.807, 2.05) is 13.8 Å². The summed E-state index contributed by atoms with van der Waals surface area (Å²) >= 11 is 0. The minimum absolute atomic E-state index is 0.0646. The van der Waals surface area contributed by atoms with Crippen LogP contribution in [0.4, 0.5) is 13.2 Å². The summed E-state index contributed by atoms with van der Waals surface area (Å²) in [5, 5.41) is 5.15. The zero-order chi connectivity index (χ0) is 25.5. The van der Waals surface area contributed by atoms with Crippen LogP contribution in [0.1, 0.15) is 26.7 Å². The van der Waals surface area contributed by atoms with Crippen LogP contribution in [0.25, 0.3) is 0 Å². The number of rotatable bonds is 8. The molecular weight excluding hydrogens is 475 g/mol. The fourth-order valence-corrected chi connectivity index (χ4v) is 5.56. The van der Waals surface area contributed by atoms with Crippen molar-refractivity contribution in [2.75, 3.05) is 39.5 Å². The van der Waals surface area contributed by atoms with Crippen molar-refractivity contribution in [3.63, 3.8) is 0 Å². The van der Waals surface area contributed by atoms with Gasteiger partial charge in [0.15, 0.2) is 11.9 Å². The van der Waals surface area contributed by atoms with Crippen molar-refractivity contribution in [1.29, 1.82) is 0 Å². The highest BCUT2D eigenvalue weighted by Crippen LogP contribution is 2.65. The maximum atomic E-state index is 13.4. The number of carbonyl (C=O) groups is 4. The van der Waals surface area contributed by atoms with Gasteiger partial charge in [-0.2, -0.15) is 0 Å². The Morgan fingerprint density at radius 1 is 1.29 bits per heavy atom. The Balaban J connectivity index is 1.50. The number of nitrogens with one attached hydrogen (secondary N) is 2. The number of ketones is 1. The topological polar surface area (TPSA) is 123 Å². The van der Waals surface area contributed by atoms with Crippen LogP contribution in [0.5, 0.6) is 0 Å². The Kier molecular flexibility index (Phi) is 7.13. The molecule has 0 radical (unpaired) electrons. The van der Waals surface area contributed by atoms with Gasteiger partial charge in [-0.15, -0.1) is 13.2 Å². The lowest BCUT2D eigenvalue weighted by molar-refractivity contribution is -0.321. The molecule has 4 aliphatic rings. The standard InChI is InChI=1S/C22H30F3N3O7/c1-21(2)12-8-28(20(32)15-10-33-5-6-34-15)17(16(12)21)19(31)27-13(7-11-3-4-26-18(11)30)14(29)9-35-22(23,24)25/h11-13,15-17H,3-10H2,1-2H3,(H,26,30)(H,27,31)/t11?,12-,13?,15?,16-,17-/m0/s1. The Bertz CT molecular complexity index is 875. The normalized spacial score (nSPS) is 32.5. The maximum Gasteiger partial charge on any atom is 0.522 e. The first-order valence-electron chi connectivity index (χ1n) is 11.7. The minimum Gasteiger partial charge on any atom is -0.376 e. The number of halogens is 3. The molecule has 35 heavy (non-hydrogen) atoms. The van der Waals surface area contributed by atoms with Crippen LogP contribution in [0.15, 0.2) is 0 Å². The number of piperidine rings is 1. The van der Waals surface area contributed by atoms with Crippen LogP contribution in [-0.4, -0.2) is 92.5 Å². The van der Waals surface area contributed by atoms with E-state index in [1.54, 1.807) is 0 Å². The number of alkyl halides is 3. The van der Waals surface area contributed by atoms with Crippen LogP contribution in [0.3, 0.4) is 0 Å². The molecule has 3 aliphatic heterocycles. The maximum absolute atomic E-state index is 13.4. The van der Waals surface area contributed by atoms with Gasteiger partial charge in [0.05, 0.1) is 25.9 Å². The van der Waals surface area contributed by atoms with Crippen molar-refractivity contribution in [2.45, 2.75) is 51.2 Å². The molecule has 3 saturated heterocycles. The molecule has 13 heteroatoms. The lowest BCUT2D eigenvalue weighted by atomic mass is 9.94. The number of hydrogen-bond donors (Lipinski definition) is 2. The van der Waals surface area contributed by atoms with Gasteiger partial charge in [-0.05, 0) is 30.1 Å². The van der Waals surface area contributed by atoms with E-state index in [-0.39, 0.29) is 42.8 Å². The van der Waals surface area contributed by atoms with Gasteiger partial charge in [0.1, 0.15) is 12.6 Å². The number of fused-ring (bicyclic) bond motifs is 1. The highest BCUT2D eigenvalue weighted by molar-refractivity contribution is 5.95. The molecule has 2 N–H and O–H groups in total. The fraction of sp³-hybridized carbons (Fsp3) is 0.818. The average Bonchev–Trinajstić information content (AvgIpc) is 3.16. The molecule has 3 amide bonds. The zero-order valence-corrected chi connectivity index (χ0v) is 19.6. The molecule has 0 aromatic heterocycles. The molecule has 1 saturated carbocycles. The van der Waals surface area contributed by atoms with Gasteiger partial charge in [-0.3, -0.25) is 23.9 Å². The van der Waals surface area contributed by atoms with Crippen LogP contribution in [0, 0.1) is 23.2 Å². The second-order valence-corrected chi connectivity index (χ2v) is 10.1. The van der Waals surface area contributed by atoms with Crippen molar-refractivity contribution >= 4 is 23.5 Å². The first kappa shape index (κ1) is 25.8. The number of amides is 3. The molecule has 0 bridgehead atoms. The SMILES string of the molecule is CC1(C)[C@@H]2[C@@H](C(=O)NC(CC3CCNC3=O)C(=O)COC(F)(F)F)N(C(=O)C3COCCO3)C[C@@H]21. The summed E-state index contributed by atoms with van der Waals surface area (Å²) in [7, 11) is 0. The van der Waals surface area contributed by atoms with Gasteiger partial charge in [0.2, 0.25) is 11.8 Å². The van der Waals surface area contributed by atoms with E-state index in [4.69, 9.17) is 9.47 Å². The van der Waals surface area contributed by atoms with Gasteiger partial charge in [0, 0.05) is 19.0 Å². The predicted molar refractivity (Wildman–Crippen MR) is 111 cm³/mol. The Labute approximate surface area is 200 Å². The molecule has 0 spiro atoms. The summed E-state index contributed by atoms with van der Waals surface area (Å²) in [6.07, 6.45) is -5.63. The minimum atomic E-state index is -5.02. The molecule has 3 unspecified atom stereocenters. The summed E-state index contributed by atoms with van der Waals surface area (Å²) in [6.45, 7) is 4.05. The van der Waals surface area contributed by atoms with Crippen LogP contribution in [-0.2, 0) is 33.4 Å². The van der Waals surface area contributed by atoms with E-state index in [1.165, 1.54) is 4.90 Å². The summed E-state index contributed by atoms with van der Waals surface area (Å²) in [5.74, 6) is -3.10. The first-order chi connectivity index (χ1) is 16.4. The zero-order valence-electron chi connectivity index (χ0n) is 19.6. The number of ether oxygens (including phenoxy) is 3. The highest BCUT2D eigenvalue weighted by Gasteiger charge is 2.69. The van der Waals surface area contributed by atoms with E-state index in [0.29, 0.717) is 26.1 Å². The van der Waals surface area contributed by atoms with E-state index < -0.39 is 54.7 Å². The highest BCUT2D eigenvalue weighted by atomic mass is 19.4. The quantitative estimate of drug-likeness (QED) is 0.476. The molecular formula is C22H30F3N3O7. The van der Waals surface area contributed by atoms with E-state index in [0.717, 1.165) is 0 Å². The first-order valence-corrected chi connectivity index (χ1v) is 11.7. The van der Waals surface area contributed by atoms with Gasteiger partial charge in [-0.25, -0.2) is 0 Å². The van der Waals surface area contributed by atoms with Gasteiger partial charge >= 0.3 is 6.36 Å². The fourth-order valence-electron chi connectivity index (χ4n) is 5.56. The lowest BCUT2D eigenvalue weighted by Gasteiger charge is -2.34. The molecule has 0 aromatic carbocycles. The number of likely N-dealkylation sites (tertiary alicyclic amines) is 1. The third kappa shape index (κ3) is 5.46. The number of nitrogens with zero attached hydrogens (tertiary/aromatic N) is 1. The van der Waals surface area contributed by atoms with Crippen LogP contribution in [0.2, 0.25) is 0 Å². The van der Waals surface area contributed by atoms with Gasteiger partial charge < -0.3 is 25.0 Å². The molecule has 1 aliphatic carbocycles. The lowest BCUT2D eigenvalue weighted by Crippen LogP contribution is -2.57. The van der Waals surface area contributed by atoms with Crippen molar-refractivity contribution < 1.29 is 46.6 Å². The second-order valence-electron chi connectivity index (χ2n) is 10.1. The summed E-state index contributed by atoms with van der Waals surface area (Å²) in [4.78, 5) is 52.6. The van der Waals surface area contributed by atoms with Crippen molar-refractivity contribution in [3.05, 3.63) is 0 Å². The number of Topliss-reactive ketones (excluding diaryl/α,β-unsaturated/α-hetero) is 1. The third-order valence-corrected chi connectivity index (χ3v) is 7.62. The molecule has 10 nitrogen and oxygen atoms in total. The molecule has 3 heterocycles. The van der Waals surface area contributed by atoms with Crippen molar-refractivity contribution in [2.24, 2.45) is 23.2 Å². The summed E-state index contributed by atoms with van der Waals surface area (Å²) in [5.41, 5.74) is -0.215. The smallest absolute Gasteiger partial charge is 0.376 e. The van der Waals surface area contributed by atoms with Gasteiger partial charge in [-0.1, -0.05) is 13.8 Å². The molecule has 0 aromatic rings. The molecule has 196 valence electrons. The van der Waals surface area contributed by atoms with Crippen LogP contribution >= 0.6 is 0 Å². The Hall–Kier alpha value is -2.25. The largest absolute Gasteiger partial charge is 0.522 e. The predicted octanol–water partition coefficient (Wildman–Crippen LogP) is 0.00130.